The molecule has 2 aromatic carbocycles. The molecule has 3 aliphatic heterocycles. The van der Waals surface area contributed by atoms with Gasteiger partial charge in [0.2, 0.25) is 47.3 Å². The maximum absolute atomic E-state index is 15.3. The van der Waals surface area contributed by atoms with E-state index < -0.39 is 135 Å². The highest BCUT2D eigenvalue weighted by molar-refractivity contribution is 8.19. The summed E-state index contributed by atoms with van der Waals surface area (Å²) in [7, 11) is 0. The standard InChI is InChI=1S/C48H60N16O10S2/c1-24-39(68)59-32(15-27-18-52-23-56-27)41(70)60-30(13-25-9-5-4-6-10-25)40(69)62-33-16-48(22-55-45(50)51,75-21-34(44(73)57-24)58-35(65)20-64-36(66)19-54-46(64)74)76-47(2,3)37(38(49)67)63-42(71)31(61-43(33)72)14-26-17-53-29-12-8-7-11-28(26)29/h4-12,17-18,23-24,30-34,37,53H,13-16,19-22H2,1-3H3,(H2,49,67)(H,52,56)(H,54,74)(H,57,73)(H,58,65)(H,59,68)(H,60,70)(H,61,72)(H,62,69)(H,63,71)(H4,50,51,55)/t24-,30-,31+,32+,33+,34+,37-,48?/m1/s1. The fourth-order valence-electron chi connectivity index (χ4n) is 8.93. The molecule has 3 fully saturated rings. The molecule has 0 saturated carbocycles. The largest absolute Gasteiger partial charge is 0.370 e. The van der Waals surface area contributed by atoms with Gasteiger partial charge in [-0.25, -0.2) is 9.78 Å². The predicted octanol–water partition coefficient (Wildman–Crippen LogP) is -2.79. The minimum Gasteiger partial charge on any atom is -0.370 e. The van der Waals surface area contributed by atoms with Crippen molar-refractivity contribution in [3.8, 4) is 0 Å². The molecule has 1 unspecified atom stereocenters. The molecule has 16 N–H and O–H groups in total. The topological polar surface area (TPSA) is 403 Å². The maximum Gasteiger partial charge on any atom is 0.325 e. The molecule has 7 rings (SSSR count). The van der Waals surface area contributed by atoms with E-state index in [1.807, 2.05) is 18.2 Å². The Morgan fingerprint density at radius 3 is 2.13 bits per heavy atom. The Morgan fingerprint density at radius 1 is 0.789 bits per heavy atom. The van der Waals surface area contributed by atoms with Gasteiger partial charge in [-0.15, -0.1) is 23.5 Å². The van der Waals surface area contributed by atoms with Crippen LogP contribution in [0, 0.1) is 5.41 Å². The summed E-state index contributed by atoms with van der Waals surface area (Å²) < 4.78 is -3.10. The van der Waals surface area contributed by atoms with Crippen molar-refractivity contribution in [1.82, 2.24) is 67.7 Å². The van der Waals surface area contributed by atoms with E-state index in [-0.39, 0.29) is 32.4 Å². The van der Waals surface area contributed by atoms with Gasteiger partial charge in [0.1, 0.15) is 48.8 Å². The number of benzene rings is 2. The number of carbonyl (C=O) groups excluding carboxylic acids is 10. The van der Waals surface area contributed by atoms with Crippen molar-refractivity contribution in [2.45, 2.75) is 97.6 Å². The number of carbonyl (C=O) groups is 10. The summed E-state index contributed by atoms with van der Waals surface area (Å²) in [6.07, 6.45) is 3.59. The number of guanidine groups is 1. The monoisotopic (exact) mass is 1080 g/mol. The number of aromatic amines is 2. The van der Waals surface area contributed by atoms with Crippen molar-refractivity contribution >= 4 is 99.6 Å². The molecule has 8 atom stereocenters. The van der Waals surface area contributed by atoms with E-state index in [2.05, 4.69) is 62.8 Å². The van der Waals surface area contributed by atoms with Crippen LogP contribution in [0.2, 0.25) is 0 Å². The molecule has 26 nitrogen and oxygen atoms in total. The lowest BCUT2D eigenvalue weighted by Gasteiger charge is -2.43. The first-order valence-corrected chi connectivity index (χ1v) is 25.9. The molecule has 2 aromatic heterocycles. The van der Waals surface area contributed by atoms with Crippen LogP contribution >= 0.6 is 23.5 Å². The lowest BCUT2D eigenvalue weighted by molar-refractivity contribution is -0.135. The molecular formula is C48H60N16O10S2. The van der Waals surface area contributed by atoms with Crippen LogP contribution in [0.4, 0.5) is 4.79 Å². The Balaban J connectivity index is 1.37. The van der Waals surface area contributed by atoms with Gasteiger partial charge in [-0.2, -0.15) is 0 Å². The van der Waals surface area contributed by atoms with Gasteiger partial charge in [0, 0.05) is 71.7 Å². The summed E-state index contributed by atoms with van der Waals surface area (Å²) in [5.41, 5.74) is 14.4. The SMILES string of the molecule is C[C@H]1NC(=O)[C@@H](NC(=O)CN2C(=O)CNC2=O)CSC2(CNC(=N)N)C[C@H](NC(=O)[C@@H](Cc3ccccc3)NC(=O)[C@H](Cc3cnc[nH]3)NC1=O)C(=O)N[C@@H](Cc1c[nH]c3ccccc13)C(=O)N[C@H](C(N)=O)C(C)(C)S2. The van der Waals surface area contributed by atoms with Crippen molar-refractivity contribution in [2.75, 3.05) is 25.4 Å². The minimum absolute atomic E-state index is 0.122. The van der Waals surface area contributed by atoms with Crippen LogP contribution in [-0.4, -0.2) is 162 Å². The van der Waals surface area contributed by atoms with Crippen LogP contribution in [0.25, 0.3) is 10.9 Å². The van der Waals surface area contributed by atoms with Gasteiger partial charge in [0.15, 0.2) is 5.96 Å². The number of H-pyrrole nitrogens is 2. The number of nitrogens with one attached hydrogen (secondary N) is 12. The Kier molecular flexibility index (Phi) is 17.6. The minimum atomic E-state index is -1.65. The number of imide groups is 1. The molecule has 2 bridgehead atoms. The van der Waals surface area contributed by atoms with E-state index in [0.29, 0.717) is 21.7 Å². The van der Waals surface area contributed by atoms with Gasteiger partial charge in [-0.1, -0.05) is 48.5 Å². The van der Waals surface area contributed by atoms with E-state index in [1.54, 1.807) is 56.4 Å². The number of imidazole rings is 1. The van der Waals surface area contributed by atoms with Crippen LogP contribution in [0.1, 0.15) is 44.0 Å². The first kappa shape index (κ1) is 55.6. The van der Waals surface area contributed by atoms with Crippen LogP contribution in [-0.2, 0) is 62.4 Å². The zero-order valence-electron chi connectivity index (χ0n) is 41.6. The lowest BCUT2D eigenvalue weighted by atomic mass is 9.99. The summed E-state index contributed by atoms with van der Waals surface area (Å²) in [4.78, 5) is 151. The van der Waals surface area contributed by atoms with Gasteiger partial charge in [-0.05, 0) is 38.0 Å². The summed E-state index contributed by atoms with van der Waals surface area (Å²) in [6, 6.07) is 4.66. The number of hydrogen-bond donors (Lipinski definition) is 14. The number of hydrogen-bond acceptors (Lipinski definition) is 14. The third kappa shape index (κ3) is 14.0. The van der Waals surface area contributed by atoms with E-state index in [1.165, 1.54) is 19.4 Å². The van der Waals surface area contributed by atoms with Gasteiger partial charge in [-0.3, -0.25) is 53.5 Å². The molecule has 404 valence electrons. The van der Waals surface area contributed by atoms with Crippen molar-refractivity contribution in [3.05, 3.63) is 90.1 Å². The second-order valence-electron chi connectivity index (χ2n) is 19.0. The molecule has 3 saturated heterocycles. The lowest BCUT2D eigenvalue weighted by Crippen LogP contribution is -2.61. The van der Waals surface area contributed by atoms with Gasteiger partial charge in [0.25, 0.3) is 5.91 Å². The Bertz CT molecular complexity index is 2870. The van der Waals surface area contributed by atoms with Gasteiger partial charge >= 0.3 is 6.03 Å². The van der Waals surface area contributed by atoms with Crippen molar-refractivity contribution in [1.29, 1.82) is 5.41 Å². The third-order valence-corrected chi connectivity index (χ3v) is 16.2. The van der Waals surface area contributed by atoms with Crippen LogP contribution < -0.4 is 59.3 Å². The Morgan fingerprint density at radius 2 is 1.45 bits per heavy atom. The predicted molar refractivity (Wildman–Crippen MR) is 279 cm³/mol. The zero-order chi connectivity index (χ0) is 54.9. The fourth-order valence-corrected chi connectivity index (χ4v) is 12.8. The quantitative estimate of drug-likeness (QED) is 0.0388. The molecule has 0 spiro atoms. The number of para-hydroxylation sites is 1. The number of rotatable bonds is 12. The molecule has 4 aromatic rings. The van der Waals surface area contributed by atoms with Crippen LogP contribution in [0.5, 0.6) is 0 Å². The first-order valence-electron chi connectivity index (χ1n) is 24.1. The number of thioether (sulfide) groups is 2. The Labute approximate surface area is 443 Å². The highest BCUT2D eigenvalue weighted by Gasteiger charge is 2.49. The maximum atomic E-state index is 15.3. The number of nitrogens with two attached hydrogens (primary N) is 2. The molecule has 0 aliphatic carbocycles. The van der Waals surface area contributed by atoms with E-state index in [4.69, 9.17) is 16.9 Å². The molecule has 0 radical (unpaired) electrons. The van der Waals surface area contributed by atoms with Gasteiger partial charge in [0.05, 0.1) is 17.0 Å². The number of primary amides is 1. The van der Waals surface area contributed by atoms with Crippen molar-refractivity contribution in [3.63, 3.8) is 0 Å². The second kappa shape index (κ2) is 24.0. The number of amides is 11. The zero-order valence-corrected chi connectivity index (χ0v) is 43.2. The number of fused-ring (bicyclic) bond motifs is 3. The molecule has 28 heteroatoms. The third-order valence-electron chi connectivity index (χ3n) is 12.8. The van der Waals surface area contributed by atoms with Crippen LogP contribution in [0.3, 0.4) is 0 Å². The highest BCUT2D eigenvalue weighted by Crippen LogP contribution is 2.49. The first-order chi connectivity index (χ1) is 36.1. The molecule has 11 amide bonds. The van der Waals surface area contributed by atoms with Crippen molar-refractivity contribution in [2.24, 2.45) is 11.5 Å². The average Bonchev–Trinajstić information content (AvgIpc) is 4.12. The summed E-state index contributed by atoms with van der Waals surface area (Å²) in [5, 5.41) is 33.0. The van der Waals surface area contributed by atoms with E-state index in [0.717, 1.165) is 34.4 Å². The average molecular weight is 1090 g/mol. The van der Waals surface area contributed by atoms with Crippen molar-refractivity contribution < 1.29 is 47.9 Å². The number of aromatic nitrogens is 3. The highest BCUT2D eigenvalue weighted by atomic mass is 32.2. The summed E-state index contributed by atoms with van der Waals surface area (Å²) in [6.45, 7) is 2.98. The molecular weight excluding hydrogens is 1020 g/mol. The molecule has 3 aliphatic rings. The van der Waals surface area contributed by atoms with E-state index in [9.17, 15) is 38.4 Å². The normalized spacial score (nSPS) is 26.0. The molecule has 76 heavy (non-hydrogen) atoms. The second-order valence-corrected chi connectivity index (χ2v) is 22.7. The molecule has 5 heterocycles. The Hall–Kier alpha value is -8.14. The number of nitrogens with zero attached hydrogens (tertiary/aromatic N) is 2. The van der Waals surface area contributed by atoms with E-state index >= 15 is 9.59 Å². The van der Waals surface area contributed by atoms with Crippen LogP contribution in [0.15, 0.2) is 73.3 Å². The summed E-state index contributed by atoms with van der Waals surface area (Å²) in [5.74, 6) is -8.91. The van der Waals surface area contributed by atoms with Gasteiger partial charge < -0.3 is 69.3 Å². The summed E-state index contributed by atoms with van der Waals surface area (Å²) >= 11 is 1.90. The fraction of sp³-hybridized carbons (Fsp3) is 0.417. The number of urea groups is 1. The smallest absolute Gasteiger partial charge is 0.325 e.